The molecule has 0 atom stereocenters. The number of carbonyl (C=O) groups is 2. The van der Waals surface area contributed by atoms with Crippen molar-refractivity contribution in [3.63, 3.8) is 0 Å². The fourth-order valence-corrected chi connectivity index (χ4v) is 3.10. The van der Waals surface area contributed by atoms with E-state index in [9.17, 15) is 9.59 Å². The summed E-state index contributed by atoms with van der Waals surface area (Å²) in [6.07, 6.45) is 0. The lowest BCUT2D eigenvalue weighted by Crippen LogP contribution is -2.52. The molecule has 2 amide bonds. The van der Waals surface area contributed by atoms with E-state index in [1.807, 2.05) is 43.3 Å². The first-order valence-electron chi connectivity index (χ1n) is 9.32. The monoisotopic (exact) mass is 382 g/mol. The Morgan fingerprint density at radius 2 is 1.57 bits per heavy atom. The van der Waals surface area contributed by atoms with E-state index >= 15 is 0 Å². The highest BCUT2D eigenvalue weighted by atomic mass is 16.5. The number of ether oxygens (including phenoxy) is 1. The number of hydrogen-bond acceptors (Lipinski definition) is 5. The summed E-state index contributed by atoms with van der Waals surface area (Å²) in [7, 11) is 1.65. The number of hydrazine groups is 1. The number of methoxy groups -OCH3 is 1. The summed E-state index contributed by atoms with van der Waals surface area (Å²) in [6.45, 7) is 5.46. The molecule has 0 bridgehead atoms. The number of hydrogen-bond donors (Lipinski definition) is 2. The van der Waals surface area contributed by atoms with Crippen molar-refractivity contribution in [2.75, 3.05) is 44.7 Å². The molecule has 1 saturated heterocycles. The lowest BCUT2D eigenvalue weighted by atomic mass is 10.1. The predicted molar refractivity (Wildman–Crippen MR) is 108 cm³/mol. The largest absolute Gasteiger partial charge is 0.497 e. The van der Waals surface area contributed by atoms with Crippen LogP contribution < -0.4 is 20.5 Å². The van der Waals surface area contributed by atoms with Crippen LogP contribution in [0.2, 0.25) is 0 Å². The second kappa shape index (κ2) is 9.23. The minimum atomic E-state index is -0.322. The normalized spacial score (nSPS) is 14.4. The molecule has 1 fully saturated rings. The molecule has 0 saturated carbocycles. The van der Waals surface area contributed by atoms with Gasteiger partial charge in [0.1, 0.15) is 5.75 Å². The van der Waals surface area contributed by atoms with Crippen molar-refractivity contribution in [3.8, 4) is 5.75 Å². The van der Waals surface area contributed by atoms with Crippen LogP contribution in [0.25, 0.3) is 0 Å². The second-order valence-corrected chi connectivity index (χ2v) is 6.83. The maximum absolute atomic E-state index is 12.1. The third-order valence-electron chi connectivity index (χ3n) is 4.81. The van der Waals surface area contributed by atoms with Crippen molar-refractivity contribution >= 4 is 17.5 Å². The SMILES string of the molecule is COc1ccc(N2CCN(CC(=O)NNC(=O)c3ccc(C)cc3)CC2)cc1. The van der Waals surface area contributed by atoms with Gasteiger partial charge < -0.3 is 9.64 Å². The van der Waals surface area contributed by atoms with Gasteiger partial charge in [-0.05, 0) is 43.3 Å². The fourth-order valence-electron chi connectivity index (χ4n) is 3.10. The number of nitrogens with zero attached hydrogens (tertiary/aromatic N) is 2. The number of aryl methyl sites for hydroxylation is 1. The van der Waals surface area contributed by atoms with Crippen LogP contribution in [0, 0.1) is 6.92 Å². The number of nitrogens with one attached hydrogen (secondary N) is 2. The molecule has 2 aromatic carbocycles. The highest BCUT2D eigenvalue weighted by Gasteiger charge is 2.19. The quantitative estimate of drug-likeness (QED) is 0.769. The molecule has 0 aliphatic carbocycles. The maximum atomic E-state index is 12.1. The zero-order valence-electron chi connectivity index (χ0n) is 16.3. The topological polar surface area (TPSA) is 73.9 Å². The van der Waals surface area contributed by atoms with E-state index in [4.69, 9.17) is 4.74 Å². The minimum Gasteiger partial charge on any atom is -0.497 e. The smallest absolute Gasteiger partial charge is 0.269 e. The molecule has 2 aromatic rings. The Morgan fingerprint density at radius 1 is 0.929 bits per heavy atom. The zero-order valence-corrected chi connectivity index (χ0v) is 16.3. The molecule has 1 heterocycles. The number of anilines is 1. The van der Waals surface area contributed by atoms with Crippen LogP contribution in [-0.2, 0) is 4.79 Å². The molecular weight excluding hydrogens is 356 g/mol. The molecule has 28 heavy (non-hydrogen) atoms. The first-order valence-corrected chi connectivity index (χ1v) is 9.32. The molecule has 0 spiro atoms. The number of piperazine rings is 1. The van der Waals surface area contributed by atoms with Crippen LogP contribution in [-0.4, -0.2) is 56.5 Å². The summed E-state index contributed by atoms with van der Waals surface area (Å²) in [5, 5.41) is 0. The van der Waals surface area contributed by atoms with Gasteiger partial charge in [-0.15, -0.1) is 0 Å². The summed E-state index contributed by atoms with van der Waals surface area (Å²) < 4.78 is 5.19. The Morgan fingerprint density at radius 3 is 2.18 bits per heavy atom. The van der Waals surface area contributed by atoms with Crippen LogP contribution in [0.3, 0.4) is 0 Å². The van der Waals surface area contributed by atoms with E-state index in [0.29, 0.717) is 5.56 Å². The Kier molecular flexibility index (Phi) is 6.49. The lowest BCUT2D eigenvalue weighted by Gasteiger charge is -2.35. The van der Waals surface area contributed by atoms with Crippen LogP contribution in [0.4, 0.5) is 5.69 Å². The Hall–Kier alpha value is -3.06. The van der Waals surface area contributed by atoms with Crippen LogP contribution >= 0.6 is 0 Å². The van der Waals surface area contributed by atoms with Gasteiger partial charge in [0.25, 0.3) is 11.8 Å². The van der Waals surface area contributed by atoms with Crippen LogP contribution in [0.1, 0.15) is 15.9 Å². The predicted octanol–water partition coefficient (Wildman–Crippen LogP) is 1.59. The molecule has 0 radical (unpaired) electrons. The Bertz CT molecular complexity index is 797. The second-order valence-electron chi connectivity index (χ2n) is 6.83. The third kappa shape index (κ3) is 5.23. The molecule has 2 N–H and O–H groups in total. The van der Waals surface area contributed by atoms with Gasteiger partial charge in [-0.1, -0.05) is 17.7 Å². The number of benzene rings is 2. The lowest BCUT2D eigenvalue weighted by molar-refractivity contribution is -0.123. The average Bonchev–Trinajstić information content (AvgIpc) is 2.73. The molecule has 7 heteroatoms. The van der Waals surface area contributed by atoms with E-state index in [-0.39, 0.29) is 18.4 Å². The molecule has 0 unspecified atom stereocenters. The van der Waals surface area contributed by atoms with Crippen molar-refractivity contribution in [1.82, 2.24) is 15.8 Å². The van der Waals surface area contributed by atoms with Crippen molar-refractivity contribution in [1.29, 1.82) is 0 Å². The van der Waals surface area contributed by atoms with E-state index < -0.39 is 0 Å². The number of rotatable bonds is 5. The zero-order chi connectivity index (χ0) is 19.9. The number of carbonyl (C=O) groups excluding carboxylic acids is 2. The van der Waals surface area contributed by atoms with Crippen molar-refractivity contribution in [3.05, 3.63) is 59.7 Å². The molecule has 1 aliphatic heterocycles. The first kappa shape index (κ1) is 19.7. The van der Waals surface area contributed by atoms with E-state index in [2.05, 4.69) is 20.7 Å². The first-order chi connectivity index (χ1) is 13.5. The molecule has 0 aromatic heterocycles. The summed E-state index contributed by atoms with van der Waals surface area (Å²) in [5.74, 6) is 0.294. The summed E-state index contributed by atoms with van der Waals surface area (Å²) in [5.41, 5.74) is 7.70. The standard InChI is InChI=1S/C21H26N4O3/c1-16-3-5-17(6-4-16)21(27)23-22-20(26)15-24-11-13-25(14-12-24)18-7-9-19(28-2)10-8-18/h3-10H,11-15H2,1-2H3,(H,22,26)(H,23,27). The Labute approximate surface area is 165 Å². The maximum Gasteiger partial charge on any atom is 0.269 e. The van der Waals surface area contributed by atoms with Crippen molar-refractivity contribution in [2.24, 2.45) is 0 Å². The molecule has 3 rings (SSSR count). The molecule has 1 aliphatic rings. The van der Waals surface area contributed by atoms with Crippen LogP contribution in [0.15, 0.2) is 48.5 Å². The van der Waals surface area contributed by atoms with Gasteiger partial charge in [0.15, 0.2) is 0 Å². The summed E-state index contributed by atoms with van der Waals surface area (Å²) >= 11 is 0. The average molecular weight is 382 g/mol. The van der Waals surface area contributed by atoms with Gasteiger partial charge in [0, 0.05) is 37.4 Å². The van der Waals surface area contributed by atoms with Gasteiger partial charge in [-0.3, -0.25) is 25.3 Å². The number of amides is 2. The summed E-state index contributed by atoms with van der Waals surface area (Å²) in [6, 6.07) is 15.2. The van der Waals surface area contributed by atoms with Gasteiger partial charge in [0.2, 0.25) is 0 Å². The Balaban J connectivity index is 1.40. The van der Waals surface area contributed by atoms with Crippen molar-refractivity contribution in [2.45, 2.75) is 6.92 Å². The highest BCUT2D eigenvalue weighted by molar-refractivity contribution is 5.95. The third-order valence-corrected chi connectivity index (χ3v) is 4.81. The van der Waals surface area contributed by atoms with Gasteiger partial charge in [0.05, 0.1) is 13.7 Å². The van der Waals surface area contributed by atoms with E-state index in [0.717, 1.165) is 43.2 Å². The minimum absolute atomic E-state index is 0.224. The fraction of sp³-hybridized carbons (Fsp3) is 0.333. The van der Waals surface area contributed by atoms with E-state index in [1.165, 1.54) is 0 Å². The van der Waals surface area contributed by atoms with Gasteiger partial charge in [-0.2, -0.15) is 0 Å². The molecule has 148 valence electrons. The molecule has 7 nitrogen and oxygen atoms in total. The van der Waals surface area contributed by atoms with Gasteiger partial charge >= 0.3 is 0 Å². The highest BCUT2D eigenvalue weighted by Crippen LogP contribution is 2.20. The van der Waals surface area contributed by atoms with Crippen molar-refractivity contribution < 1.29 is 14.3 Å². The molecular formula is C21H26N4O3. The van der Waals surface area contributed by atoms with Gasteiger partial charge in [-0.25, -0.2) is 0 Å². The van der Waals surface area contributed by atoms with E-state index in [1.54, 1.807) is 19.2 Å². The van der Waals surface area contributed by atoms with Crippen LogP contribution in [0.5, 0.6) is 5.75 Å². The summed E-state index contributed by atoms with van der Waals surface area (Å²) in [4.78, 5) is 28.5.